The van der Waals surface area contributed by atoms with Gasteiger partial charge in [-0.1, -0.05) is 41.5 Å². The first-order valence-corrected chi connectivity index (χ1v) is 25.6. The Hall–Kier alpha value is -5.68. The molecular formula is C56H76F2N8O6. The van der Waals surface area contributed by atoms with Crippen molar-refractivity contribution in [3.05, 3.63) is 95.8 Å². The molecule has 390 valence electrons. The number of aliphatic hydroxyl groups excluding tert-OH is 2. The quantitative estimate of drug-likeness (QED) is 0.0730. The van der Waals surface area contributed by atoms with Crippen molar-refractivity contribution in [2.24, 2.45) is 10.8 Å². The fourth-order valence-electron chi connectivity index (χ4n) is 11.1. The molecule has 6 unspecified atom stereocenters. The number of likely N-dealkylation sites (N-methyl/N-ethyl adjacent to an activating group) is 2. The molecule has 5 aromatic rings. The van der Waals surface area contributed by atoms with Crippen LogP contribution >= 0.6 is 0 Å². The second-order valence-electron chi connectivity index (χ2n) is 22.0. The Morgan fingerprint density at radius 2 is 0.986 bits per heavy atom. The van der Waals surface area contributed by atoms with E-state index in [0.29, 0.717) is 61.4 Å². The molecule has 14 nitrogen and oxygen atoms in total. The SMILES string of the molecule is CNC(C)C(=O)N(c1ccc(N(C(=O)C(C)NC)C(C(=O)N2CCCC2Cc2cn(CCO)c3cc(F)ccc23)C(C)(C)C)cc1)C(C(=O)N1CCCC1Cc1cn(CCO)c2cc(F)ccc12)C(C)(C)C. The Morgan fingerprint density at radius 3 is 1.31 bits per heavy atom. The standard InChI is InChI=1S/C56H76F2N8O6/c1-35(59-9)51(69)65(49(55(3,4)5)53(71)63-23-11-13-43(63)29-37-33-61(25-27-67)47-31-39(57)15-21-45(37)47)41-17-19-42(20-18-41)66(52(70)36(2)60-10)50(56(6,7)8)54(72)64-24-12-14-44(64)30-38-34-62(26-28-68)48-32-40(58)16-22-46(38)48/h15-22,31-36,43-44,49-50,59-60,67-68H,11-14,23-30H2,1-10H3. The second kappa shape index (κ2) is 22.2. The zero-order valence-electron chi connectivity index (χ0n) is 43.8. The van der Waals surface area contributed by atoms with E-state index in [1.807, 2.05) is 72.9 Å². The van der Waals surface area contributed by atoms with Crippen LogP contribution in [0.4, 0.5) is 20.2 Å². The predicted molar refractivity (Wildman–Crippen MR) is 280 cm³/mol. The van der Waals surface area contributed by atoms with Crippen LogP contribution in [0.15, 0.2) is 73.1 Å². The molecule has 2 fully saturated rings. The van der Waals surface area contributed by atoms with E-state index >= 15 is 9.59 Å². The molecule has 2 aromatic heterocycles. The van der Waals surface area contributed by atoms with Crippen molar-refractivity contribution in [2.45, 2.75) is 143 Å². The summed E-state index contributed by atoms with van der Waals surface area (Å²) in [5, 5.41) is 27.5. The smallest absolute Gasteiger partial charge is 0.246 e. The number of nitrogens with zero attached hydrogens (tertiary/aromatic N) is 6. The number of fused-ring (bicyclic) bond motifs is 2. The maximum absolute atomic E-state index is 15.4. The van der Waals surface area contributed by atoms with Gasteiger partial charge in [-0.3, -0.25) is 29.0 Å². The third-order valence-electron chi connectivity index (χ3n) is 14.9. The van der Waals surface area contributed by atoms with Gasteiger partial charge in [-0.25, -0.2) is 8.78 Å². The molecule has 0 saturated carbocycles. The van der Waals surface area contributed by atoms with Gasteiger partial charge in [0.1, 0.15) is 23.7 Å². The summed E-state index contributed by atoms with van der Waals surface area (Å²) in [6.45, 7) is 16.6. The summed E-state index contributed by atoms with van der Waals surface area (Å²) in [5.74, 6) is -1.76. The van der Waals surface area contributed by atoms with E-state index in [-0.39, 0.29) is 60.6 Å². The fraction of sp³-hybridized carbons (Fsp3) is 0.536. The molecule has 0 radical (unpaired) electrons. The van der Waals surface area contributed by atoms with Gasteiger partial charge in [-0.15, -0.1) is 0 Å². The van der Waals surface area contributed by atoms with Gasteiger partial charge in [0.15, 0.2) is 0 Å². The summed E-state index contributed by atoms with van der Waals surface area (Å²) < 4.78 is 32.6. The average molecular weight is 995 g/mol. The van der Waals surface area contributed by atoms with E-state index in [1.54, 1.807) is 74.1 Å². The van der Waals surface area contributed by atoms with Gasteiger partial charge in [0.25, 0.3) is 0 Å². The summed E-state index contributed by atoms with van der Waals surface area (Å²) in [4.78, 5) is 67.3. The van der Waals surface area contributed by atoms with Crippen LogP contribution in [0.3, 0.4) is 0 Å². The highest BCUT2D eigenvalue weighted by Crippen LogP contribution is 2.39. The number of anilines is 2. The molecule has 2 aliphatic rings. The molecule has 4 N–H and O–H groups in total. The van der Waals surface area contributed by atoms with Crippen molar-refractivity contribution in [3.8, 4) is 0 Å². The molecule has 2 aliphatic heterocycles. The van der Waals surface area contributed by atoms with Crippen LogP contribution in [-0.2, 0) is 45.1 Å². The van der Waals surface area contributed by atoms with Gasteiger partial charge in [-0.2, -0.15) is 0 Å². The van der Waals surface area contributed by atoms with Gasteiger partial charge < -0.3 is 39.8 Å². The average Bonchev–Trinajstić information content (AvgIpc) is 4.15. The van der Waals surface area contributed by atoms with E-state index in [9.17, 15) is 28.6 Å². The molecule has 0 spiro atoms. The molecule has 7 rings (SSSR count). The zero-order valence-corrected chi connectivity index (χ0v) is 43.8. The van der Waals surface area contributed by atoms with Crippen LogP contribution in [0, 0.1) is 22.5 Å². The van der Waals surface area contributed by atoms with E-state index < -0.39 is 35.0 Å². The number of aliphatic hydroxyl groups is 2. The lowest BCUT2D eigenvalue weighted by molar-refractivity contribution is -0.138. The predicted octanol–water partition coefficient (Wildman–Crippen LogP) is 7.04. The number of benzene rings is 3. The highest BCUT2D eigenvalue weighted by molar-refractivity contribution is 6.06. The van der Waals surface area contributed by atoms with Crippen LogP contribution in [0.1, 0.15) is 92.2 Å². The molecule has 72 heavy (non-hydrogen) atoms. The molecule has 4 heterocycles. The first-order chi connectivity index (χ1) is 34.1. The second-order valence-corrected chi connectivity index (χ2v) is 22.0. The van der Waals surface area contributed by atoms with Gasteiger partial charge in [0.05, 0.1) is 36.3 Å². The van der Waals surface area contributed by atoms with Crippen molar-refractivity contribution in [2.75, 3.05) is 50.2 Å². The number of hydrogen-bond donors (Lipinski definition) is 4. The summed E-state index contributed by atoms with van der Waals surface area (Å²) in [6.07, 6.45) is 7.91. The highest BCUT2D eigenvalue weighted by Gasteiger charge is 2.47. The van der Waals surface area contributed by atoms with Crippen LogP contribution in [0.25, 0.3) is 21.8 Å². The van der Waals surface area contributed by atoms with Crippen molar-refractivity contribution < 1.29 is 38.2 Å². The van der Waals surface area contributed by atoms with Crippen molar-refractivity contribution >= 4 is 56.8 Å². The van der Waals surface area contributed by atoms with E-state index in [0.717, 1.165) is 47.6 Å². The molecule has 0 aliphatic carbocycles. The maximum Gasteiger partial charge on any atom is 0.246 e. The number of halogens is 2. The lowest BCUT2D eigenvalue weighted by Crippen LogP contribution is -2.61. The Morgan fingerprint density at radius 1 is 0.625 bits per heavy atom. The number of rotatable bonds is 18. The molecule has 3 aromatic carbocycles. The minimum Gasteiger partial charge on any atom is -0.395 e. The summed E-state index contributed by atoms with van der Waals surface area (Å²) in [5.41, 5.74) is 2.64. The molecule has 4 amide bonds. The Kier molecular flexibility index (Phi) is 16.7. The number of carbonyl (C=O) groups is 4. The number of amides is 4. The van der Waals surface area contributed by atoms with E-state index in [4.69, 9.17) is 0 Å². The molecule has 6 atom stereocenters. The Bertz CT molecular complexity index is 2560. The lowest BCUT2D eigenvalue weighted by atomic mass is 9.83. The zero-order chi connectivity index (χ0) is 52.4. The van der Waals surface area contributed by atoms with Crippen LogP contribution in [-0.4, -0.2) is 129 Å². The Labute approximate surface area is 423 Å². The molecular weight excluding hydrogens is 919 g/mol. The van der Waals surface area contributed by atoms with Crippen LogP contribution in [0.2, 0.25) is 0 Å². The summed E-state index contributed by atoms with van der Waals surface area (Å²) in [6, 6.07) is 12.7. The fourth-order valence-corrected chi connectivity index (χ4v) is 11.1. The minimum atomic E-state index is -0.952. The van der Waals surface area contributed by atoms with Crippen molar-refractivity contribution in [1.82, 2.24) is 29.6 Å². The number of aromatic nitrogens is 2. The molecule has 2 saturated heterocycles. The van der Waals surface area contributed by atoms with Crippen molar-refractivity contribution in [1.29, 1.82) is 0 Å². The summed E-state index contributed by atoms with van der Waals surface area (Å²) >= 11 is 0. The van der Waals surface area contributed by atoms with Gasteiger partial charge >= 0.3 is 0 Å². The minimum absolute atomic E-state index is 0.109. The normalized spacial score (nSPS) is 18.2. The van der Waals surface area contributed by atoms with Gasteiger partial charge in [-0.05, 0) is 149 Å². The molecule has 0 bridgehead atoms. The van der Waals surface area contributed by atoms with Gasteiger partial charge in [0, 0.05) is 72.8 Å². The number of likely N-dealkylation sites (tertiary alicyclic amines) is 2. The number of carbonyl (C=O) groups excluding carboxylic acids is 4. The highest BCUT2D eigenvalue weighted by atomic mass is 19.1. The van der Waals surface area contributed by atoms with Crippen molar-refractivity contribution in [3.63, 3.8) is 0 Å². The van der Waals surface area contributed by atoms with Gasteiger partial charge in [0.2, 0.25) is 23.6 Å². The number of nitrogens with one attached hydrogen (secondary N) is 2. The monoisotopic (exact) mass is 995 g/mol. The third kappa shape index (κ3) is 11.1. The maximum atomic E-state index is 15.4. The molecule has 16 heteroatoms. The first kappa shape index (κ1) is 54.1. The Balaban J connectivity index is 1.23. The topological polar surface area (TPSA) is 156 Å². The first-order valence-electron chi connectivity index (χ1n) is 25.6. The summed E-state index contributed by atoms with van der Waals surface area (Å²) in [7, 11) is 3.40. The van der Waals surface area contributed by atoms with Crippen LogP contribution in [0.5, 0.6) is 0 Å². The lowest BCUT2D eigenvalue weighted by Gasteiger charge is -2.44. The number of hydrogen-bond acceptors (Lipinski definition) is 8. The largest absolute Gasteiger partial charge is 0.395 e. The van der Waals surface area contributed by atoms with Crippen LogP contribution < -0.4 is 20.4 Å². The third-order valence-corrected chi connectivity index (χ3v) is 14.9. The van der Waals surface area contributed by atoms with E-state index in [2.05, 4.69) is 10.6 Å². The van der Waals surface area contributed by atoms with E-state index in [1.165, 1.54) is 24.3 Å².